The number of carboxylic acids is 1. The molecule has 2 heterocycles. The number of ether oxygens (including phenoxy) is 1. The van der Waals surface area contributed by atoms with E-state index in [-0.39, 0.29) is 108 Å². The number of carboxylic acid groups (broad SMARTS) is 1. The summed E-state index contributed by atoms with van der Waals surface area (Å²) in [5.74, 6) is -0.384. The third-order valence-electron chi connectivity index (χ3n) is 11.6. The van der Waals surface area contributed by atoms with Gasteiger partial charge < -0.3 is 63.0 Å². The molecule has 0 aliphatic carbocycles. The summed E-state index contributed by atoms with van der Waals surface area (Å²) < 4.78 is 5.53. The van der Waals surface area contributed by atoms with E-state index in [1.54, 1.807) is 35.2 Å². The Balaban J connectivity index is 1.09. The third-order valence-corrected chi connectivity index (χ3v) is 11.6. The van der Waals surface area contributed by atoms with Crippen molar-refractivity contribution in [2.24, 2.45) is 5.73 Å². The Morgan fingerprint density at radius 3 is 1.95 bits per heavy atom. The van der Waals surface area contributed by atoms with Gasteiger partial charge in [-0.15, -0.1) is 0 Å². The minimum Gasteiger partial charge on any atom is -0.481 e. The Bertz CT molecular complexity index is 2530. The smallest absolute Gasteiger partial charge is 0.305 e. The molecule has 1 saturated heterocycles. The molecule has 22 nitrogen and oxygen atoms in total. The summed E-state index contributed by atoms with van der Waals surface area (Å²) in [4.78, 5) is 120. The van der Waals surface area contributed by atoms with E-state index in [1.807, 2.05) is 48.5 Å². The Hall–Kier alpha value is -8.32. The molecule has 0 spiro atoms. The number of para-hydroxylation sites is 1. The van der Waals surface area contributed by atoms with Gasteiger partial charge in [0, 0.05) is 56.4 Å². The number of benzene rings is 3. The maximum Gasteiger partial charge on any atom is 0.305 e. The van der Waals surface area contributed by atoms with Crippen molar-refractivity contribution in [3.63, 3.8) is 0 Å². The largest absolute Gasteiger partial charge is 0.481 e. The van der Waals surface area contributed by atoms with Crippen LogP contribution in [0.1, 0.15) is 80.0 Å². The van der Waals surface area contributed by atoms with E-state index in [2.05, 4.69) is 54.4 Å². The molecule has 1 fully saturated rings. The van der Waals surface area contributed by atoms with Crippen LogP contribution in [0.5, 0.6) is 0 Å². The van der Waals surface area contributed by atoms with E-state index in [0.717, 1.165) is 16.7 Å². The first kappa shape index (κ1) is 55.6. The molecule has 4 unspecified atom stereocenters. The van der Waals surface area contributed by atoms with Crippen LogP contribution in [0.2, 0.25) is 0 Å². The van der Waals surface area contributed by atoms with Gasteiger partial charge in [-0.25, -0.2) is 0 Å². The SMILES string of the molecule is N=C(N)NCCCC1NC(=O)C(CCCCNC(=O)CCOCCC(=O)NCCC(=O)N2Cc3ccccc3C#Cc3ccccc32)NC(=O)C(Cc2ccccc2)NC(=O)C(CC(=O)O)NC(=O)CNC1=O. The fraction of sp³-hybridized carbons (Fsp3) is 0.412. The molecule has 3 aromatic carbocycles. The highest BCUT2D eigenvalue weighted by atomic mass is 16.5. The summed E-state index contributed by atoms with van der Waals surface area (Å²) in [6.45, 7) is 0.232. The summed E-state index contributed by atoms with van der Waals surface area (Å²) in [5.41, 5.74) is 9.20. The number of carbonyl (C=O) groups excluding carboxylic acids is 8. The summed E-state index contributed by atoms with van der Waals surface area (Å²) in [6, 6.07) is 18.2. The second-order valence-electron chi connectivity index (χ2n) is 17.3. The van der Waals surface area contributed by atoms with Crippen molar-refractivity contribution < 1.29 is 53.0 Å². The summed E-state index contributed by atoms with van der Waals surface area (Å²) in [7, 11) is 0. The fourth-order valence-corrected chi connectivity index (χ4v) is 7.82. The number of hydrogen-bond donors (Lipinski definition) is 11. The molecule has 5 rings (SSSR count). The number of rotatable bonds is 22. The fourth-order valence-electron chi connectivity index (χ4n) is 7.82. The molecule has 0 saturated carbocycles. The monoisotopic (exact) mass is 1010 g/mol. The lowest BCUT2D eigenvalue weighted by atomic mass is 10.0. The molecule has 73 heavy (non-hydrogen) atoms. The lowest BCUT2D eigenvalue weighted by Gasteiger charge is -2.26. The maximum absolute atomic E-state index is 14.0. The van der Waals surface area contributed by atoms with Crippen molar-refractivity contribution in [2.45, 2.75) is 94.9 Å². The number of nitrogens with one attached hydrogen (secondary N) is 9. The zero-order chi connectivity index (χ0) is 52.5. The van der Waals surface area contributed by atoms with E-state index in [4.69, 9.17) is 15.9 Å². The lowest BCUT2D eigenvalue weighted by molar-refractivity contribution is -0.141. The van der Waals surface area contributed by atoms with Gasteiger partial charge in [0.05, 0.1) is 38.4 Å². The van der Waals surface area contributed by atoms with E-state index >= 15 is 0 Å². The second-order valence-corrected chi connectivity index (χ2v) is 17.3. The number of amides is 8. The number of carbonyl (C=O) groups is 9. The minimum atomic E-state index is -1.62. The zero-order valence-corrected chi connectivity index (χ0v) is 40.4. The first-order valence-electron chi connectivity index (χ1n) is 24.1. The number of guanidine groups is 1. The van der Waals surface area contributed by atoms with Crippen LogP contribution in [-0.4, -0.2) is 128 Å². The average molecular weight is 1010 g/mol. The van der Waals surface area contributed by atoms with E-state index < -0.39 is 72.6 Å². The van der Waals surface area contributed by atoms with Crippen molar-refractivity contribution in [1.82, 2.24) is 42.5 Å². The summed E-state index contributed by atoms with van der Waals surface area (Å²) in [5, 5.41) is 37.6. The molecule has 8 amide bonds. The average Bonchev–Trinajstić information content (AvgIpc) is 3.36. The van der Waals surface area contributed by atoms with Crippen LogP contribution in [-0.2, 0) is 60.9 Å². The molecular weight excluding hydrogens is 943 g/mol. The highest BCUT2D eigenvalue weighted by molar-refractivity contribution is 5.98. The number of fused-ring (bicyclic) bond motifs is 2. The Kier molecular flexibility index (Phi) is 22.2. The highest BCUT2D eigenvalue weighted by Gasteiger charge is 2.33. The molecular formula is C51H63N11O11. The van der Waals surface area contributed by atoms with Crippen LogP contribution in [0.15, 0.2) is 78.9 Å². The maximum atomic E-state index is 14.0. The molecule has 4 atom stereocenters. The molecule has 2 aliphatic rings. The van der Waals surface area contributed by atoms with Crippen LogP contribution >= 0.6 is 0 Å². The number of aliphatic carboxylic acids is 1. The summed E-state index contributed by atoms with van der Waals surface area (Å²) in [6.07, 6.45) is 0.104. The lowest BCUT2D eigenvalue weighted by Crippen LogP contribution is -2.58. The normalized spacial score (nSPS) is 18.0. The second kappa shape index (κ2) is 29.1. The number of anilines is 1. The van der Waals surface area contributed by atoms with Gasteiger partial charge in [-0.05, 0) is 61.4 Å². The van der Waals surface area contributed by atoms with E-state index in [1.165, 1.54) is 0 Å². The van der Waals surface area contributed by atoms with Gasteiger partial charge in [-0.3, -0.25) is 48.6 Å². The standard InChI is InChI=1S/C51H63N11O11/c52-51(53)56-25-10-17-37-47(69)57-31-44(65)58-40(30-46(67)68)50(72)61-39(29-33-11-2-1-3-12-33)49(71)60-38(48(70)59-37)16-8-9-24-54-42(63)22-27-73-28-23-43(64)55-26-21-45(66)62-32-36-15-5-4-13-34(36)19-20-35-14-6-7-18-41(35)62/h1-7,11-15,18,37-40H,8-10,16-17,21-32H2,(H,54,63)(H,55,64)(H,57,69)(H,58,65)(H,59,70)(H,60,71)(H,61,72)(H,67,68)(H4,52,53,56). The Labute approximate surface area is 422 Å². The van der Waals surface area contributed by atoms with Crippen molar-refractivity contribution >= 4 is 64.9 Å². The number of nitrogens with two attached hydrogens (primary N) is 1. The number of nitrogens with zero attached hydrogens (tertiary/aromatic N) is 1. The van der Waals surface area contributed by atoms with E-state index in [0.29, 0.717) is 24.2 Å². The molecule has 12 N–H and O–H groups in total. The Morgan fingerprint density at radius 1 is 0.658 bits per heavy atom. The van der Waals surface area contributed by atoms with Crippen LogP contribution in [0.3, 0.4) is 0 Å². The minimum absolute atomic E-state index is 0.00360. The zero-order valence-electron chi connectivity index (χ0n) is 40.4. The molecule has 388 valence electrons. The topological polar surface area (TPSA) is 332 Å². The van der Waals surface area contributed by atoms with Crippen molar-refractivity contribution in [2.75, 3.05) is 44.3 Å². The van der Waals surface area contributed by atoms with Crippen LogP contribution in [0.25, 0.3) is 0 Å². The van der Waals surface area contributed by atoms with Gasteiger partial charge in [0.25, 0.3) is 0 Å². The molecule has 3 aromatic rings. The number of hydrogen-bond acceptors (Lipinski definition) is 11. The van der Waals surface area contributed by atoms with Gasteiger partial charge in [0.1, 0.15) is 24.2 Å². The van der Waals surface area contributed by atoms with Gasteiger partial charge in [0.2, 0.25) is 47.3 Å². The third kappa shape index (κ3) is 19.1. The first-order chi connectivity index (χ1) is 35.2. The quantitative estimate of drug-likeness (QED) is 0.0264. The van der Waals surface area contributed by atoms with Crippen molar-refractivity contribution in [3.8, 4) is 11.8 Å². The number of unbranched alkanes of at least 4 members (excludes halogenated alkanes) is 1. The van der Waals surface area contributed by atoms with Gasteiger partial charge >= 0.3 is 5.97 Å². The highest BCUT2D eigenvalue weighted by Crippen LogP contribution is 2.26. The predicted molar refractivity (Wildman–Crippen MR) is 267 cm³/mol. The predicted octanol–water partition coefficient (Wildman–Crippen LogP) is -0.428. The van der Waals surface area contributed by atoms with Gasteiger partial charge in [-0.2, -0.15) is 0 Å². The van der Waals surface area contributed by atoms with Gasteiger partial charge in [-0.1, -0.05) is 72.5 Å². The molecule has 0 radical (unpaired) electrons. The van der Waals surface area contributed by atoms with E-state index in [9.17, 15) is 48.3 Å². The van der Waals surface area contributed by atoms with Crippen molar-refractivity contribution in [3.05, 3.63) is 101 Å². The van der Waals surface area contributed by atoms with Crippen LogP contribution in [0, 0.1) is 17.3 Å². The molecule has 0 bridgehead atoms. The summed E-state index contributed by atoms with van der Waals surface area (Å²) >= 11 is 0. The molecule has 2 aliphatic heterocycles. The van der Waals surface area contributed by atoms with Crippen LogP contribution < -0.4 is 53.2 Å². The molecule has 0 aromatic heterocycles. The van der Waals surface area contributed by atoms with Crippen molar-refractivity contribution in [1.29, 1.82) is 5.41 Å². The van der Waals surface area contributed by atoms with Gasteiger partial charge in [0.15, 0.2) is 5.96 Å². The Morgan fingerprint density at radius 2 is 1.23 bits per heavy atom. The first-order valence-corrected chi connectivity index (χ1v) is 24.1. The van der Waals surface area contributed by atoms with Crippen LogP contribution in [0.4, 0.5) is 5.69 Å². The molecule has 22 heteroatoms.